The zero-order chi connectivity index (χ0) is 18.7. The average molecular weight is 391 g/mol. The summed E-state index contributed by atoms with van der Waals surface area (Å²) in [7, 11) is 0. The predicted molar refractivity (Wildman–Crippen MR) is 107 cm³/mol. The van der Waals surface area contributed by atoms with E-state index in [1.54, 1.807) is 22.7 Å². The summed E-state index contributed by atoms with van der Waals surface area (Å²) in [4.78, 5) is 35.7. The van der Waals surface area contributed by atoms with Crippen LogP contribution in [0.1, 0.15) is 90.1 Å². The maximum atomic E-state index is 12.7. The molecule has 1 fully saturated rings. The molecule has 1 aliphatic carbocycles. The third-order valence-corrected chi connectivity index (χ3v) is 7.26. The van der Waals surface area contributed by atoms with Gasteiger partial charge in [0.25, 0.3) is 0 Å². The smallest absolute Gasteiger partial charge is 0.182 e. The summed E-state index contributed by atoms with van der Waals surface area (Å²) in [5.41, 5.74) is 1.73. The topological polar surface area (TPSA) is 59.9 Å². The van der Waals surface area contributed by atoms with Gasteiger partial charge >= 0.3 is 0 Å². The summed E-state index contributed by atoms with van der Waals surface area (Å²) in [6.45, 7) is 5.98. The van der Waals surface area contributed by atoms with Crippen LogP contribution in [0.25, 0.3) is 10.0 Å². The zero-order valence-corrected chi connectivity index (χ0v) is 17.4. The van der Waals surface area contributed by atoms with Gasteiger partial charge in [-0.15, -0.1) is 22.7 Å². The number of nitrogens with zero attached hydrogens (tertiary/aromatic N) is 2. The number of aryl methyl sites for hydroxylation is 2. The molecule has 0 radical (unpaired) electrons. The summed E-state index contributed by atoms with van der Waals surface area (Å²) < 4.78 is 0. The highest BCUT2D eigenvalue weighted by Gasteiger charge is 2.32. The minimum atomic E-state index is 0.154. The van der Waals surface area contributed by atoms with Gasteiger partial charge in [0, 0.05) is 29.0 Å². The fourth-order valence-corrected chi connectivity index (χ4v) is 5.07. The van der Waals surface area contributed by atoms with E-state index in [-0.39, 0.29) is 5.78 Å². The fourth-order valence-electron chi connectivity index (χ4n) is 2.89. The number of unbranched alkanes of at least 4 members (excludes halogenated alkanes) is 2. The van der Waals surface area contributed by atoms with Gasteiger partial charge in [0.15, 0.2) is 15.8 Å². The normalized spacial score (nSPS) is 14.0. The van der Waals surface area contributed by atoms with Gasteiger partial charge in [-0.2, -0.15) is 0 Å². The molecule has 6 heteroatoms. The van der Waals surface area contributed by atoms with Gasteiger partial charge in [0.1, 0.15) is 11.5 Å². The monoisotopic (exact) mass is 390 g/mol. The van der Waals surface area contributed by atoms with E-state index >= 15 is 0 Å². The molecule has 1 saturated carbocycles. The molecule has 0 atom stereocenters. The molecule has 0 aromatic carbocycles. The van der Waals surface area contributed by atoms with Crippen molar-refractivity contribution in [1.82, 2.24) is 9.97 Å². The molecule has 3 rings (SSSR count). The first-order valence-corrected chi connectivity index (χ1v) is 11.1. The lowest BCUT2D eigenvalue weighted by atomic mass is 10.0. The van der Waals surface area contributed by atoms with E-state index in [0.29, 0.717) is 36.7 Å². The minimum Gasteiger partial charge on any atom is -0.300 e. The van der Waals surface area contributed by atoms with Crippen molar-refractivity contribution < 1.29 is 9.59 Å². The summed E-state index contributed by atoms with van der Waals surface area (Å²) in [5, 5.41) is 1.83. The number of hydrogen-bond donors (Lipinski definition) is 0. The minimum absolute atomic E-state index is 0.154. The Morgan fingerprint density at radius 1 is 1.00 bits per heavy atom. The van der Waals surface area contributed by atoms with Crippen molar-refractivity contribution in [3.8, 4) is 10.0 Å². The van der Waals surface area contributed by atoms with Crippen LogP contribution < -0.4 is 0 Å². The van der Waals surface area contributed by atoms with Crippen LogP contribution in [0.5, 0.6) is 0 Å². The van der Waals surface area contributed by atoms with E-state index in [1.165, 1.54) is 4.88 Å². The van der Waals surface area contributed by atoms with Crippen molar-refractivity contribution in [2.45, 2.75) is 78.1 Å². The van der Waals surface area contributed by atoms with Crippen molar-refractivity contribution >= 4 is 34.2 Å². The van der Waals surface area contributed by atoms with Gasteiger partial charge in [-0.05, 0) is 45.4 Å². The standard InChI is InChI=1S/C20H26N2O2S2/c1-4-15(23)8-6-5-7-9-16(24)17-18(14-10-11-14)26-20(22-17)19-21-12(2)13(3)25-19/h14H,4-11H2,1-3H3. The van der Waals surface area contributed by atoms with E-state index in [1.807, 2.05) is 13.8 Å². The van der Waals surface area contributed by atoms with Crippen molar-refractivity contribution in [2.75, 3.05) is 0 Å². The first-order chi connectivity index (χ1) is 12.5. The summed E-state index contributed by atoms with van der Waals surface area (Å²) >= 11 is 3.31. The van der Waals surface area contributed by atoms with E-state index < -0.39 is 0 Å². The highest BCUT2D eigenvalue weighted by atomic mass is 32.1. The Hall–Kier alpha value is -1.40. The molecule has 26 heavy (non-hydrogen) atoms. The molecule has 0 N–H and O–H groups in total. The molecule has 2 aromatic rings. The lowest BCUT2D eigenvalue weighted by Crippen LogP contribution is -2.03. The average Bonchev–Trinajstić information content (AvgIpc) is 3.28. The fraction of sp³-hybridized carbons (Fsp3) is 0.600. The predicted octanol–water partition coefficient (Wildman–Crippen LogP) is 5.87. The van der Waals surface area contributed by atoms with Crippen LogP contribution in [0, 0.1) is 13.8 Å². The number of hydrogen-bond acceptors (Lipinski definition) is 6. The molecule has 2 heterocycles. The highest BCUT2D eigenvalue weighted by molar-refractivity contribution is 7.21. The van der Waals surface area contributed by atoms with Gasteiger partial charge in [-0.3, -0.25) is 9.59 Å². The second-order valence-corrected chi connectivity index (χ2v) is 9.28. The van der Waals surface area contributed by atoms with Crippen LogP contribution in [0.15, 0.2) is 0 Å². The third kappa shape index (κ3) is 4.65. The van der Waals surface area contributed by atoms with Crippen molar-refractivity contribution in [2.24, 2.45) is 0 Å². The number of rotatable bonds is 10. The Labute approximate surface area is 163 Å². The Bertz CT molecular complexity index is 783. The largest absolute Gasteiger partial charge is 0.300 e. The number of carbonyl (C=O) groups excluding carboxylic acids is 2. The van der Waals surface area contributed by atoms with E-state index in [0.717, 1.165) is 52.7 Å². The summed E-state index contributed by atoms with van der Waals surface area (Å²) in [5.74, 6) is 0.983. The van der Waals surface area contributed by atoms with Crippen molar-refractivity contribution in [3.05, 3.63) is 21.1 Å². The Morgan fingerprint density at radius 2 is 1.69 bits per heavy atom. The van der Waals surface area contributed by atoms with Gasteiger partial charge in [-0.1, -0.05) is 13.3 Å². The van der Waals surface area contributed by atoms with Crippen LogP contribution in [0.2, 0.25) is 0 Å². The van der Waals surface area contributed by atoms with Crippen molar-refractivity contribution in [1.29, 1.82) is 0 Å². The van der Waals surface area contributed by atoms with Crippen LogP contribution in [-0.4, -0.2) is 21.5 Å². The van der Waals surface area contributed by atoms with E-state index in [9.17, 15) is 9.59 Å². The SMILES string of the molecule is CCC(=O)CCCCCC(=O)c1nc(-c2nc(C)c(C)s2)sc1C1CC1. The third-order valence-electron chi connectivity index (χ3n) is 4.83. The Kier molecular flexibility index (Phi) is 6.35. The lowest BCUT2D eigenvalue weighted by molar-refractivity contribution is -0.118. The first kappa shape index (κ1) is 19.4. The molecule has 1 aliphatic rings. The molecular weight excluding hydrogens is 364 g/mol. The van der Waals surface area contributed by atoms with E-state index in [4.69, 9.17) is 4.98 Å². The molecule has 0 bridgehead atoms. The Morgan fingerprint density at radius 3 is 2.31 bits per heavy atom. The molecule has 0 spiro atoms. The zero-order valence-electron chi connectivity index (χ0n) is 15.8. The van der Waals surface area contributed by atoms with Gasteiger partial charge in [-0.25, -0.2) is 9.97 Å². The molecule has 0 amide bonds. The number of aromatic nitrogens is 2. The molecule has 140 valence electrons. The van der Waals surface area contributed by atoms with Gasteiger partial charge in [0.05, 0.1) is 5.69 Å². The highest BCUT2D eigenvalue weighted by Crippen LogP contribution is 2.47. The van der Waals surface area contributed by atoms with Crippen molar-refractivity contribution in [3.63, 3.8) is 0 Å². The molecule has 2 aromatic heterocycles. The maximum Gasteiger partial charge on any atom is 0.182 e. The maximum absolute atomic E-state index is 12.7. The van der Waals surface area contributed by atoms with Crippen LogP contribution in [0.3, 0.4) is 0 Å². The first-order valence-electron chi connectivity index (χ1n) is 9.49. The summed E-state index contributed by atoms with van der Waals surface area (Å²) in [6, 6.07) is 0. The molecular formula is C20H26N2O2S2. The quantitative estimate of drug-likeness (QED) is 0.376. The molecule has 0 unspecified atom stereocenters. The summed E-state index contributed by atoms with van der Waals surface area (Å²) in [6.07, 6.45) is 6.76. The molecule has 4 nitrogen and oxygen atoms in total. The molecule has 0 aliphatic heterocycles. The van der Waals surface area contributed by atoms with E-state index in [2.05, 4.69) is 11.9 Å². The second-order valence-electron chi connectivity index (χ2n) is 7.04. The molecule has 0 saturated heterocycles. The second kappa shape index (κ2) is 8.53. The van der Waals surface area contributed by atoms with Crippen LogP contribution in [0.4, 0.5) is 0 Å². The number of carbonyl (C=O) groups is 2. The number of thiazole rings is 2. The van der Waals surface area contributed by atoms with Crippen LogP contribution >= 0.6 is 22.7 Å². The number of Topliss-reactive ketones (excluding diaryl/α,β-unsaturated/α-hetero) is 2. The van der Waals surface area contributed by atoms with Crippen LogP contribution in [-0.2, 0) is 4.79 Å². The van der Waals surface area contributed by atoms with Gasteiger partial charge in [0.2, 0.25) is 0 Å². The van der Waals surface area contributed by atoms with Gasteiger partial charge < -0.3 is 0 Å². The number of ketones is 2. The Balaban J connectivity index is 1.64. The lowest BCUT2D eigenvalue weighted by Gasteiger charge is -2.01.